The molecule has 0 saturated carbocycles. The van der Waals surface area contributed by atoms with Crippen LogP contribution in [0.5, 0.6) is 17.2 Å². The van der Waals surface area contributed by atoms with Gasteiger partial charge in [0.2, 0.25) is 5.95 Å². The van der Waals surface area contributed by atoms with Gasteiger partial charge >= 0.3 is 0 Å². The quantitative estimate of drug-likeness (QED) is 0.320. The molecule has 32 heavy (non-hydrogen) atoms. The van der Waals surface area contributed by atoms with Crippen LogP contribution in [0.1, 0.15) is 5.56 Å². The number of phenols is 1. The zero-order valence-electron chi connectivity index (χ0n) is 17.7. The Bertz CT molecular complexity index is 1170. The Hall–Kier alpha value is -4.39. The highest BCUT2D eigenvalue weighted by molar-refractivity contribution is 5.88. The van der Waals surface area contributed by atoms with E-state index in [1.54, 1.807) is 6.07 Å². The van der Waals surface area contributed by atoms with E-state index in [9.17, 15) is 5.11 Å². The molecule has 0 radical (unpaired) electrons. The van der Waals surface area contributed by atoms with Crippen molar-refractivity contribution in [2.45, 2.75) is 0 Å². The number of phenolic OH excluding ortho intramolecular Hbond substituents is 1. The summed E-state index contributed by atoms with van der Waals surface area (Å²) in [7, 11) is 3.03. The maximum Gasteiger partial charge on any atom is 0.244 e. The molecule has 160 valence electrons. The fourth-order valence-corrected chi connectivity index (χ4v) is 3.17. The average molecular weight is 426 g/mol. The number of anilines is 1. The first-order valence-corrected chi connectivity index (χ1v) is 9.92. The number of hydrazone groups is 1. The number of nitrogens with one attached hydrogen (secondary N) is 1. The largest absolute Gasteiger partial charge is 0.507 e. The smallest absolute Gasteiger partial charge is 0.244 e. The molecular formula is C25H22N4O3. The molecule has 0 saturated heterocycles. The van der Waals surface area contributed by atoms with Gasteiger partial charge < -0.3 is 14.6 Å². The van der Waals surface area contributed by atoms with E-state index in [0.29, 0.717) is 23.0 Å². The molecule has 0 atom stereocenters. The summed E-state index contributed by atoms with van der Waals surface area (Å²) in [5.41, 5.74) is 6.74. The predicted molar refractivity (Wildman–Crippen MR) is 125 cm³/mol. The lowest BCUT2D eigenvalue weighted by atomic mass is 10.1. The second-order valence-corrected chi connectivity index (χ2v) is 6.83. The van der Waals surface area contributed by atoms with Crippen molar-refractivity contribution in [1.82, 2.24) is 9.97 Å². The summed E-state index contributed by atoms with van der Waals surface area (Å²) >= 11 is 0. The molecule has 4 aromatic rings. The third kappa shape index (κ3) is 4.67. The molecule has 0 spiro atoms. The van der Waals surface area contributed by atoms with Crippen LogP contribution in [0.15, 0.2) is 84.0 Å². The lowest BCUT2D eigenvalue weighted by Crippen LogP contribution is -2.01. The Morgan fingerprint density at radius 1 is 0.812 bits per heavy atom. The molecule has 0 aliphatic heterocycles. The van der Waals surface area contributed by atoms with Crippen LogP contribution in [0.25, 0.3) is 22.5 Å². The van der Waals surface area contributed by atoms with Gasteiger partial charge in [0.05, 0.1) is 37.4 Å². The molecule has 7 heteroatoms. The van der Waals surface area contributed by atoms with Gasteiger partial charge in [0.15, 0.2) is 0 Å². The first-order valence-electron chi connectivity index (χ1n) is 9.92. The molecular weight excluding hydrogens is 404 g/mol. The van der Waals surface area contributed by atoms with Crippen molar-refractivity contribution in [2.75, 3.05) is 19.6 Å². The van der Waals surface area contributed by atoms with Gasteiger partial charge in [-0.25, -0.2) is 15.4 Å². The molecule has 0 unspecified atom stereocenters. The van der Waals surface area contributed by atoms with Crippen LogP contribution in [-0.2, 0) is 0 Å². The summed E-state index contributed by atoms with van der Waals surface area (Å²) in [6, 6.07) is 24.8. The van der Waals surface area contributed by atoms with E-state index in [1.165, 1.54) is 26.5 Å². The minimum absolute atomic E-state index is 0.0179. The van der Waals surface area contributed by atoms with E-state index in [0.717, 1.165) is 22.5 Å². The number of benzene rings is 3. The topological polar surface area (TPSA) is 88.9 Å². The van der Waals surface area contributed by atoms with E-state index in [1.807, 2.05) is 66.7 Å². The SMILES string of the molecule is COc1cc(O)c(/C=N\Nc2nc(-c3ccccc3)cc(-c3ccccc3)n2)c(OC)c1. The molecule has 0 amide bonds. The van der Waals surface area contributed by atoms with Gasteiger partial charge in [-0.2, -0.15) is 5.10 Å². The third-order valence-electron chi connectivity index (χ3n) is 4.77. The average Bonchev–Trinajstić information content (AvgIpc) is 2.85. The molecule has 0 aliphatic carbocycles. The molecule has 1 heterocycles. The van der Waals surface area contributed by atoms with E-state index in [-0.39, 0.29) is 5.75 Å². The molecule has 2 N–H and O–H groups in total. The van der Waals surface area contributed by atoms with Crippen molar-refractivity contribution in [2.24, 2.45) is 5.10 Å². The van der Waals surface area contributed by atoms with Crippen LogP contribution in [-0.4, -0.2) is 35.5 Å². The minimum Gasteiger partial charge on any atom is -0.507 e. The second kappa shape index (κ2) is 9.61. The summed E-state index contributed by atoms with van der Waals surface area (Å²) in [6.45, 7) is 0. The van der Waals surface area contributed by atoms with Crippen molar-refractivity contribution < 1.29 is 14.6 Å². The Morgan fingerprint density at radius 2 is 1.41 bits per heavy atom. The van der Waals surface area contributed by atoms with Crippen LogP contribution in [0, 0.1) is 0 Å². The summed E-state index contributed by atoms with van der Waals surface area (Å²) in [6.07, 6.45) is 1.45. The van der Waals surface area contributed by atoms with E-state index in [2.05, 4.69) is 20.5 Å². The molecule has 1 aromatic heterocycles. The second-order valence-electron chi connectivity index (χ2n) is 6.83. The van der Waals surface area contributed by atoms with E-state index >= 15 is 0 Å². The van der Waals surface area contributed by atoms with Gasteiger partial charge in [0, 0.05) is 23.3 Å². The minimum atomic E-state index is -0.0179. The van der Waals surface area contributed by atoms with Gasteiger partial charge in [0.1, 0.15) is 17.2 Å². The maximum atomic E-state index is 10.3. The monoisotopic (exact) mass is 426 g/mol. The number of hydrogen-bond acceptors (Lipinski definition) is 7. The van der Waals surface area contributed by atoms with Crippen molar-refractivity contribution in [1.29, 1.82) is 0 Å². The third-order valence-corrected chi connectivity index (χ3v) is 4.77. The standard InChI is InChI=1S/C25H22N4O3/c1-31-19-13-23(30)20(24(14-19)32-2)16-26-29-25-27-21(17-9-5-3-6-10-17)15-22(28-25)18-11-7-4-8-12-18/h3-16,30H,1-2H3,(H,27,28,29)/b26-16-. The number of aromatic nitrogens is 2. The van der Waals surface area contributed by atoms with Gasteiger partial charge in [0.25, 0.3) is 0 Å². The molecule has 7 nitrogen and oxygen atoms in total. The van der Waals surface area contributed by atoms with Gasteiger partial charge in [-0.15, -0.1) is 0 Å². The Labute approximate surface area is 186 Å². The fraction of sp³-hybridized carbons (Fsp3) is 0.0800. The fourth-order valence-electron chi connectivity index (χ4n) is 3.17. The Balaban J connectivity index is 1.68. The zero-order valence-corrected chi connectivity index (χ0v) is 17.7. The number of nitrogens with zero attached hydrogens (tertiary/aromatic N) is 3. The number of hydrogen-bond donors (Lipinski definition) is 2. The Kier molecular flexibility index (Phi) is 6.27. The molecule has 0 bridgehead atoms. The van der Waals surface area contributed by atoms with Crippen LogP contribution in [0.3, 0.4) is 0 Å². The van der Waals surface area contributed by atoms with Crippen LogP contribution >= 0.6 is 0 Å². The highest BCUT2D eigenvalue weighted by Gasteiger charge is 2.11. The lowest BCUT2D eigenvalue weighted by Gasteiger charge is -2.10. The van der Waals surface area contributed by atoms with Crippen molar-refractivity contribution in [3.05, 3.63) is 84.4 Å². The highest BCUT2D eigenvalue weighted by atomic mass is 16.5. The molecule has 0 aliphatic rings. The van der Waals surface area contributed by atoms with E-state index in [4.69, 9.17) is 9.47 Å². The highest BCUT2D eigenvalue weighted by Crippen LogP contribution is 2.32. The van der Waals surface area contributed by atoms with E-state index < -0.39 is 0 Å². The number of aromatic hydroxyl groups is 1. The number of ether oxygens (including phenoxy) is 2. The molecule has 3 aromatic carbocycles. The summed E-state index contributed by atoms with van der Waals surface area (Å²) in [4.78, 5) is 9.21. The van der Waals surface area contributed by atoms with Crippen molar-refractivity contribution >= 4 is 12.2 Å². The van der Waals surface area contributed by atoms with Crippen LogP contribution < -0.4 is 14.9 Å². The predicted octanol–water partition coefficient (Wildman–Crippen LogP) is 4.98. The van der Waals surface area contributed by atoms with Gasteiger partial charge in [-0.05, 0) is 6.07 Å². The normalized spacial score (nSPS) is 10.8. The molecule has 4 rings (SSSR count). The van der Waals surface area contributed by atoms with Crippen LogP contribution in [0.4, 0.5) is 5.95 Å². The summed E-state index contributed by atoms with van der Waals surface area (Å²) in [5, 5.41) is 14.5. The number of rotatable bonds is 7. The Morgan fingerprint density at radius 3 is 1.94 bits per heavy atom. The lowest BCUT2D eigenvalue weighted by molar-refractivity contribution is 0.384. The maximum absolute atomic E-state index is 10.3. The number of methoxy groups -OCH3 is 2. The van der Waals surface area contributed by atoms with Crippen molar-refractivity contribution in [3.8, 4) is 39.8 Å². The summed E-state index contributed by atoms with van der Waals surface area (Å²) < 4.78 is 10.5. The zero-order chi connectivity index (χ0) is 22.3. The first-order chi connectivity index (χ1) is 15.7. The van der Waals surface area contributed by atoms with Gasteiger partial charge in [-0.3, -0.25) is 0 Å². The van der Waals surface area contributed by atoms with Gasteiger partial charge in [-0.1, -0.05) is 60.7 Å². The first kappa shape index (κ1) is 20.9. The van der Waals surface area contributed by atoms with Crippen LogP contribution in [0.2, 0.25) is 0 Å². The molecule has 0 fully saturated rings. The van der Waals surface area contributed by atoms with Crippen molar-refractivity contribution in [3.63, 3.8) is 0 Å². The summed E-state index contributed by atoms with van der Waals surface area (Å²) in [5.74, 6) is 1.22.